The number of fused-ring (bicyclic) bond motifs is 3. The number of aromatic nitrogens is 1. The highest BCUT2D eigenvalue weighted by atomic mass is 35.5. The molecule has 6 nitrogen and oxygen atoms in total. The molecule has 0 saturated carbocycles. The van der Waals surface area contributed by atoms with E-state index in [2.05, 4.69) is 4.98 Å². The normalized spacial score (nSPS) is 12.9. The average Bonchev–Trinajstić information content (AvgIpc) is 2.64. The van der Waals surface area contributed by atoms with E-state index in [1.54, 1.807) is 43.6 Å². The van der Waals surface area contributed by atoms with Crippen LogP contribution < -0.4 is 24.7 Å². The van der Waals surface area contributed by atoms with Crippen LogP contribution in [0, 0.1) is 0 Å². The molecular weight excluding hydrogens is 344 g/mol. The van der Waals surface area contributed by atoms with Crippen molar-refractivity contribution >= 4 is 28.2 Å². The first-order valence-electron chi connectivity index (χ1n) is 7.65. The van der Waals surface area contributed by atoms with Gasteiger partial charge in [-0.15, -0.1) is 0 Å². The van der Waals surface area contributed by atoms with Crippen molar-refractivity contribution in [3.05, 3.63) is 41.6 Å². The van der Waals surface area contributed by atoms with Gasteiger partial charge in [-0.05, 0) is 18.2 Å². The van der Waals surface area contributed by atoms with E-state index in [0.29, 0.717) is 63.6 Å². The highest BCUT2D eigenvalue weighted by molar-refractivity contribution is 6.33. The number of nitrogen functional groups attached to an aromatic ring is 1. The summed E-state index contributed by atoms with van der Waals surface area (Å²) >= 11 is 6.07. The van der Waals surface area contributed by atoms with Gasteiger partial charge in [-0.25, -0.2) is 0 Å². The Morgan fingerprint density at radius 2 is 1.88 bits per heavy atom. The lowest BCUT2D eigenvalue weighted by molar-refractivity contribution is 0.167. The molecule has 2 heterocycles. The van der Waals surface area contributed by atoms with Crippen molar-refractivity contribution in [3.63, 3.8) is 0 Å². The van der Waals surface area contributed by atoms with Crippen LogP contribution in [0.1, 0.15) is 0 Å². The minimum absolute atomic E-state index is 0.430. The fourth-order valence-electron chi connectivity index (χ4n) is 2.71. The molecule has 0 spiro atoms. The quantitative estimate of drug-likeness (QED) is 0.712. The third-order valence-corrected chi connectivity index (χ3v) is 4.19. The number of benzene rings is 2. The summed E-state index contributed by atoms with van der Waals surface area (Å²) in [6.45, 7) is 0.899. The molecule has 4 rings (SSSR count). The number of halogens is 1. The van der Waals surface area contributed by atoms with Crippen molar-refractivity contribution in [3.8, 4) is 28.7 Å². The second-order valence-electron chi connectivity index (χ2n) is 5.42. The van der Waals surface area contributed by atoms with Gasteiger partial charge in [0.1, 0.15) is 24.7 Å². The van der Waals surface area contributed by atoms with E-state index < -0.39 is 0 Å². The summed E-state index contributed by atoms with van der Waals surface area (Å²) in [5, 5.41) is 1.14. The number of hydrogen-bond acceptors (Lipinski definition) is 6. The number of nitrogens with zero attached hydrogens (tertiary/aromatic N) is 1. The van der Waals surface area contributed by atoms with Crippen molar-refractivity contribution in [2.45, 2.75) is 0 Å². The van der Waals surface area contributed by atoms with Crippen LogP contribution in [0.4, 0.5) is 5.69 Å². The highest BCUT2D eigenvalue weighted by Gasteiger charge is 2.24. The minimum atomic E-state index is 0.430. The summed E-state index contributed by atoms with van der Waals surface area (Å²) in [7, 11) is 1.58. The van der Waals surface area contributed by atoms with Gasteiger partial charge < -0.3 is 24.7 Å². The van der Waals surface area contributed by atoms with Gasteiger partial charge in [0.25, 0.3) is 0 Å². The first-order valence-corrected chi connectivity index (χ1v) is 8.03. The molecule has 2 aromatic carbocycles. The summed E-state index contributed by atoms with van der Waals surface area (Å²) in [4.78, 5) is 4.39. The summed E-state index contributed by atoms with van der Waals surface area (Å²) in [5.41, 5.74) is 6.92. The summed E-state index contributed by atoms with van der Waals surface area (Å²) in [6, 6.07) is 8.67. The maximum absolute atomic E-state index is 6.07. The van der Waals surface area contributed by atoms with Crippen LogP contribution >= 0.6 is 11.6 Å². The van der Waals surface area contributed by atoms with Gasteiger partial charge in [0.15, 0.2) is 11.5 Å². The van der Waals surface area contributed by atoms with Crippen molar-refractivity contribution < 1.29 is 18.9 Å². The molecule has 128 valence electrons. The molecule has 3 aromatic rings. The van der Waals surface area contributed by atoms with Gasteiger partial charge in [0.05, 0.1) is 28.7 Å². The smallest absolute Gasteiger partial charge is 0.204 e. The molecule has 1 aromatic heterocycles. The summed E-state index contributed by atoms with van der Waals surface area (Å²) in [5.74, 6) is 2.82. The maximum Gasteiger partial charge on any atom is 0.204 e. The maximum atomic E-state index is 6.07. The number of rotatable bonds is 3. The molecule has 0 unspecified atom stereocenters. The molecule has 0 saturated heterocycles. The molecule has 0 atom stereocenters. The topological polar surface area (TPSA) is 75.8 Å². The van der Waals surface area contributed by atoms with Gasteiger partial charge in [-0.3, -0.25) is 4.98 Å². The second-order valence-corrected chi connectivity index (χ2v) is 5.83. The van der Waals surface area contributed by atoms with E-state index in [1.165, 1.54) is 0 Å². The van der Waals surface area contributed by atoms with Gasteiger partial charge in [0, 0.05) is 18.3 Å². The number of hydrogen-bond donors (Lipinski definition) is 1. The van der Waals surface area contributed by atoms with Gasteiger partial charge in [0.2, 0.25) is 5.75 Å². The Bertz CT molecular complexity index is 961. The Morgan fingerprint density at radius 3 is 2.64 bits per heavy atom. The average molecular weight is 359 g/mol. The van der Waals surface area contributed by atoms with Crippen molar-refractivity contribution in [1.29, 1.82) is 0 Å². The molecule has 0 radical (unpaired) electrons. The van der Waals surface area contributed by atoms with Crippen LogP contribution in [0.5, 0.6) is 28.7 Å². The number of pyridine rings is 1. The standard InChI is InChI=1S/C18H15ClN2O4/c1-22-15-9-13-16(18-17(15)23-6-7-24-18)14(4-5-21-13)25-10-2-3-12(20)11(19)8-10/h2-5,8-9H,6-7,20H2,1H3. The lowest BCUT2D eigenvalue weighted by atomic mass is 10.1. The molecule has 1 aliphatic rings. The molecular formula is C18H15ClN2O4. The van der Waals surface area contributed by atoms with E-state index in [0.717, 1.165) is 0 Å². The largest absolute Gasteiger partial charge is 0.493 e. The fraction of sp³-hybridized carbons (Fsp3) is 0.167. The predicted molar refractivity (Wildman–Crippen MR) is 95.2 cm³/mol. The van der Waals surface area contributed by atoms with Crippen LogP contribution in [0.25, 0.3) is 10.9 Å². The number of methoxy groups -OCH3 is 1. The van der Waals surface area contributed by atoms with Crippen LogP contribution in [-0.4, -0.2) is 25.3 Å². The molecule has 0 amide bonds. The number of nitrogens with two attached hydrogens (primary N) is 1. The fourth-order valence-corrected chi connectivity index (χ4v) is 2.88. The summed E-state index contributed by atoms with van der Waals surface area (Å²) in [6.07, 6.45) is 1.66. The van der Waals surface area contributed by atoms with E-state index in [-0.39, 0.29) is 0 Å². The van der Waals surface area contributed by atoms with Crippen LogP contribution in [0.15, 0.2) is 36.5 Å². The highest BCUT2D eigenvalue weighted by Crippen LogP contribution is 2.48. The Kier molecular flexibility index (Phi) is 3.89. The van der Waals surface area contributed by atoms with Crippen LogP contribution in [-0.2, 0) is 0 Å². The van der Waals surface area contributed by atoms with Gasteiger partial charge >= 0.3 is 0 Å². The third-order valence-electron chi connectivity index (χ3n) is 3.86. The molecule has 7 heteroatoms. The second kappa shape index (κ2) is 6.22. The Balaban J connectivity index is 1.88. The zero-order chi connectivity index (χ0) is 17.4. The minimum Gasteiger partial charge on any atom is -0.493 e. The first kappa shape index (κ1) is 15.7. The monoisotopic (exact) mass is 358 g/mol. The van der Waals surface area contributed by atoms with Gasteiger partial charge in [-0.1, -0.05) is 11.6 Å². The molecule has 25 heavy (non-hydrogen) atoms. The van der Waals surface area contributed by atoms with Crippen LogP contribution in [0.2, 0.25) is 5.02 Å². The van der Waals surface area contributed by atoms with Crippen molar-refractivity contribution in [2.24, 2.45) is 0 Å². The molecule has 0 bridgehead atoms. The van der Waals surface area contributed by atoms with Crippen LogP contribution in [0.3, 0.4) is 0 Å². The van der Waals surface area contributed by atoms with Crippen molar-refractivity contribution in [1.82, 2.24) is 4.98 Å². The number of ether oxygens (including phenoxy) is 4. The SMILES string of the molecule is COc1cc2nccc(Oc3ccc(N)c(Cl)c3)c2c2c1OCCO2. The number of anilines is 1. The first-order chi connectivity index (χ1) is 12.2. The predicted octanol–water partition coefficient (Wildman–Crippen LogP) is 4.04. The lowest BCUT2D eigenvalue weighted by Crippen LogP contribution is -2.16. The zero-order valence-electron chi connectivity index (χ0n) is 13.4. The van der Waals surface area contributed by atoms with Crippen molar-refractivity contribution in [2.75, 3.05) is 26.1 Å². The Labute approximate surface area is 149 Å². The van der Waals surface area contributed by atoms with E-state index in [9.17, 15) is 0 Å². The van der Waals surface area contributed by atoms with E-state index >= 15 is 0 Å². The summed E-state index contributed by atoms with van der Waals surface area (Å²) < 4.78 is 23.0. The molecule has 0 fully saturated rings. The molecule has 1 aliphatic heterocycles. The third kappa shape index (κ3) is 2.74. The Hall–Kier alpha value is -2.86. The van der Waals surface area contributed by atoms with E-state index in [4.69, 9.17) is 36.3 Å². The molecule has 2 N–H and O–H groups in total. The van der Waals surface area contributed by atoms with E-state index in [1.807, 2.05) is 0 Å². The zero-order valence-corrected chi connectivity index (χ0v) is 14.2. The Morgan fingerprint density at radius 1 is 1.08 bits per heavy atom. The lowest BCUT2D eigenvalue weighted by Gasteiger charge is -2.23. The van der Waals surface area contributed by atoms with Gasteiger partial charge in [-0.2, -0.15) is 0 Å². The molecule has 0 aliphatic carbocycles.